The highest BCUT2D eigenvalue weighted by molar-refractivity contribution is 5.92. The van der Waals surface area contributed by atoms with Crippen molar-refractivity contribution in [1.29, 1.82) is 0 Å². The minimum Gasteiger partial charge on any atom is -0.364 e. The van der Waals surface area contributed by atoms with E-state index in [0.717, 1.165) is 0 Å². The number of nitrogens with two attached hydrogens (primary N) is 1. The fourth-order valence-corrected chi connectivity index (χ4v) is 1.07. The summed E-state index contributed by atoms with van der Waals surface area (Å²) in [6, 6.07) is 1.49. The van der Waals surface area contributed by atoms with E-state index in [0.29, 0.717) is 12.5 Å². The summed E-state index contributed by atoms with van der Waals surface area (Å²) < 4.78 is 4.57. The maximum atomic E-state index is 11.5. The molecule has 0 saturated carbocycles. The molecule has 0 saturated heterocycles. The van der Waals surface area contributed by atoms with Crippen LogP contribution >= 0.6 is 0 Å². The van der Waals surface area contributed by atoms with Crippen molar-refractivity contribution in [2.24, 2.45) is 11.7 Å². The fraction of sp³-hybridized carbons (Fsp3) is 0.556. The van der Waals surface area contributed by atoms with Gasteiger partial charge in [0, 0.05) is 18.7 Å². The SMILES string of the molecule is CC(C)C(CN)NC(=O)c1ccon1. The van der Waals surface area contributed by atoms with E-state index in [1.54, 1.807) is 0 Å². The Bertz CT molecular complexity index is 282. The van der Waals surface area contributed by atoms with Gasteiger partial charge in [0.1, 0.15) is 6.26 Å². The van der Waals surface area contributed by atoms with Gasteiger partial charge in [-0.3, -0.25) is 4.79 Å². The van der Waals surface area contributed by atoms with E-state index < -0.39 is 0 Å². The van der Waals surface area contributed by atoms with Crippen molar-refractivity contribution in [3.8, 4) is 0 Å². The van der Waals surface area contributed by atoms with Gasteiger partial charge in [0.25, 0.3) is 5.91 Å². The number of nitrogens with zero attached hydrogens (tertiary/aromatic N) is 1. The number of hydrogen-bond acceptors (Lipinski definition) is 4. The lowest BCUT2D eigenvalue weighted by molar-refractivity contribution is 0.0918. The lowest BCUT2D eigenvalue weighted by atomic mass is 10.0. The fourth-order valence-electron chi connectivity index (χ4n) is 1.07. The molecule has 0 radical (unpaired) electrons. The molecular weight excluding hydrogens is 182 g/mol. The van der Waals surface area contributed by atoms with Gasteiger partial charge < -0.3 is 15.6 Å². The van der Waals surface area contributed by atoms with Crippen LogP contribution in [-0.2, 0) is 0 Å². The van der Waals surface area contributed by atoms with Crippen LogP contribution in [0.4, 0.5) is 0 Å². The van der Waals surface area contributed by atoms with Crippen LogP contribution < -0.4 is 11.1 Å². The maximum Gasteiger partial charge on any atom is 0.273 e. The molecule has 1 amide bonds. The zero-order chi connectivity index (χ0) is 10.6. The number of amides is 1. The van der Waals surface area contributed by atoms with Crippen LogP contribution in [0.2, 0.25) is 0 Å². The molecule has 0 bridgehead atoms. The van der Waals surface area contributed by atoms with Gasteiger partial charge in [-0.2, -0.15) is 0 Å². The molecule has 0 aliphatic heterocycles. The van der Waals surface area contributed by atoms with Crippen molar-refractivity contribution in [1.82, 2.24) is 10.5 Å². The first-order valence-corrected chi connectivity index (χ1v) is 4.56. The summed E-state index contributed by atoms with van der Waals surface area (Å²) in [6.07, 6.45) is 1.36. The molecule has 1 heterocycles. The van der Waals surface area contributed by atoms with Gasteiger partial charge in [0.2, 0.25) is 0 Å². The summed E-state index contributed by atoms with van der Waals surface area (Å²) >= 11 is 0. The quantitative estimate of drug-likeness (QED) is 0.731. The van der Waals surface area contributed by atoms with Crippen molar-refractivity contribution in [3.05, 3.63) is 18.0 Å². The molecule has 1 atom stereocenters. The average Bonchev–Trinajstić information content (AvgIpc) is 2.65. The number of carbonyl (C=O) groups excluding carboxylic acids is 1. The predicted octanol–water partition coefficient (Wildman–Crippen LogP) is 0.388. The Morgan fingerprint density at radius 3 is 2.86 bits per heavy atom. The van der Waals surface area contributed by atoms with Crippen LogP contribution in [0.15, 0.2) is 16.9 Å². The Morgan fingerprint density at radius 1 is 1.71 bits per heavy atom. The molecule has 0 aliphatic carbocycles. The van der Waals surface area contributed by atoms with Gasteiger partial charge in [-0.15, -0.1) is 0 Å². The molecule has 1 aromatic rings. The highest BCUT2D eigenvalue weighted by Gasteiger charge is 2.16. The van der Waals surface area contributed by atoms with E-state index in [4.69, 9.17) is 5.73 Å². The molecular formula is C9H15N3O2. The van der Waals surface area contributed by atoms with Gasteiger partial charge >= 0.3 is 0 Å². The summed E-state index contributed by atoms with van der Waals surface area (Å²) in [6.45, 7) is 4.42. The third kappa shape index (κ3) is 2.56. The zero-order valence-electron chi connectivity index (χ0n) is 8.36. The number of carbonyl (C=O) groups is 1. The first kappa shape index (κ1) is 10.7. The van der Waals surface area contributed by atoms with E-state index in [1.807, 2.05) is 13.8 Å². The van der Waals surface area contributed by atoms with E-state index in [9.17, 15) is 4.79 Å². The van der Waals surface area contributed by atoms with Gasteiger partial charge in [-0.05, 0) is 5.92 Å². The largest absolute Gasteiger partial charge is 0.364 e. The molecule has 5 nitrogen and oxygen atoms in total. The smallest absolute Gasteiger partial charge is 0.273 e. The Hall–Kier alpha value is -1.36. The maximum absolute atomic E-state index is 11.5. The van der Waals surface area contributed by atoms with Crippen LogP contribution in [0, 0.1) is 5.92 Å². The lowest BCUT2D eigenvalue weighted by Crippen LogP contribution is -2.43. The summed E-state index contributed by atoms with van der Waals surface area (Å²) in [7, 11) is 0. The highest BCUT2D eigenvalue weighted by atomic mass is 16.5. The molecule has 0 aromatic carbocycles. The normalized spacial score (nSPS) is 12.9. The first-order chi connectivity index (χ1) is 6.65. The Kier molecular flexibility index (Phi) is 3.64. The van der Waals surface area contributed by atoms with Gasteiger partial charge in [-0.1, -0.05) is 19.0 Å². The van der Waals surface area contributed by atoms with Crippen LogP contribution in [0.25, 0.3) is 0 Å². The van der Waals surface area contributed by atoms with Crippen molar-refractivity contribution >= 4 is 5.91 Å². The molecule has 78 valence electrons. The predicted molar refractivity (Wildman–Crippen MR) is 51.6 cm³/mol. The minimum atomic E-state index is -0.247. The number of nitrogens with one attached hydrogen (secondary N) is 1. The third-order valence-electron chi connectivity index (χ3n) is 2.05. The van der Waals surface area contributed by atoms with Crippen LogP contribution in [0.1, 0.15) is 24.3 Å². The number of rotatable bonds is 4. The Balaban J connectivity index is 2.56. The van der Waals surface area contributed by atoms with Crippen LogP contribution in [0.3, 0.4) is 0 Å². The standard InChI is InChI=1S/C9H15N3O2/c1-6(2)8(5-10)11-9(13)7-3-4-14-12-7/h3-4,6,8H,5,10H2,1-2H3,(H,11,13). The van der Waals surface area contributed by atoms with E-state index in [2.05, 4.69) is 15.0 Å². The van der Waals surface area contributed by atoms with Crippen molar-refractivity contribution in [3.63, 3.8) is 0 Å². The molecule has 14 heavy (non-hydrogen) atoms. The summed E-state index contributed by atoms with van der Waals surface area (Å²) in [5, 5.41) is 6.32. The molecule has 5 heteroatoms. The summed E-state index contributed by atoms with van der Waals surface area (Å²) in [5.41, 5.74) is 5.80. The summed E-state index contributed by atoms with van der Waals surface area (Å²) in [4.78, 5) is 11.5. The molecule has 3 N–H and O–H groups in total. The first-order valence-electron chi connectivity index (χ1n) is 4.56. The van der Waals surface area contributed by atoms with Gasteiger partial charge in [0.05, 0.1) is 0 Å². The lowest BCUT2D eigenvalue weighted by Gasteiger charge is -2.19. The zero-order valence-corrected chi connectivity index (χ0v) is 8.36. The molecule has 0 fully saturated rings. The van der Waals surface area contributed by atoms with Crippen LogP contribution in [0.5, 0.6) is 0 Å². The van der Waals surface area contributed by atoms with Gasteiger partial charge in [0.15, 0.2) is 5.69 Å². The van der Waals surface area contributed by atoms with E-state index in [1.165, 1.54) is 12.3 Å². The molecule has 1 rings (SSSR count). The molecule has 1 unspecified atom stereocenters. The minimum absolute atomic E-state index is 0.0285. The van der Waals surface area contributed by atoms with E-state index >= 15 is 0 Å². The number of hydrogen-bond donors (Lipinski definition) is 2. The second kappa shape index (κ2) is 4.76. The van der Waals surface area contributed by atoms with Crippen LogP contribution in [-0.4, -0.2) is 23.7 Å². The van der Waals surface area contributed by atoms with Crippen molar-refractivity contribution < 1.29 is 9.32 Å². The average molecular weight is 197 g/mol. The highest BCUT2D eigenvalue weighted by Crippen LogP contribution is 2.01. The second-order valence-corrected chi connectivity index (χ2v) is 3.44. The second-order valence-electron chi connectivity index (χ2n) is 3.44. The third-order valence-corrected chi connectivity index (χ3v) is 2.05. The molecule has 0 spiro atoms. The molecule has 0 aliphatic rings. The topological polar surface area (TPSA) is 81.1 Å². The van der Waals surface area contributed by atoms with Gasteiger partial charge in [-0.25, -0.2) is 0 Å². The Morgan fingerprint density at radius 2 is 2.43 bits per heavy atom. The summed E-state index contributed by atoms with van der Waals surface area (Å²) in [5.74, 6) is 0.0544. The van der Waals surface area contributed by atoms with E-state index in [-0.39, 0.29) is 17.6 Å². The molecule has 1 aromatic heterocycles. The van der Waals surface area contributed by atoms with Crippen molar-refractivity contribution in [2.45, 2.75) is 19.9 Å². The monoisotopic (exact) mass is 197 g/mol. The Labute approximate surface area is 82.6 Å². The van der Waals surface area contributed by atoms with Crippen molar-refractivity contribution in [2.75, 3.05) is 6.54 Å². The number of aromatic nitrogens is 1.